The second kappa shape index (κ2) is 12.9. The molecule has 0 aliphatic carbocycles. The Kier molecular flexibility index (Phi) is 9.70. The predicted molar refractivity (Wildman–Crippen MR) is 159 cm³/mol. The number of anilines is 2. The summed E-state index contributed by atoms with van der Waals surface area (Å²) in [5, 5.41) is 3.35. The first kappa shape index (κ1) is 30.9. The van der Waals surface area contributed by atoms with E-state index in [1.165, 1.54) is 48.9 Å². The highest BCUT2D eigenvalue weighted by Gasteiger charge is 2.32. The Bertz CT molecular complexity index is 1600. The third-order valence-electron chi connectivity index (χ3n) is 6.69. The Hall–Kier alpha value is -3.03. The number of carbonyl (C=O) groups is 1. The highest BCUT2D eigenvalue weighted by molar-refractivity contribution is 7.92. The molecule has 0 spiro atoms. The van der Waals surface area contributed by atoms with Crippen LogP contribution in [0.5, 0.6) is 11.5 Å². The van der Waals surface area contributed by atoms with Gasteiger partial charge in [0.1, 0.15) is 11.5 Å². The Morgan fingerprint density at radius 3 is 2.15 bits per heavy atom. The number of sulfonamides is 2. The summed E-state index contributed by atoms with van der Waals surface area (Å²) >= 11 is 12.3. The minimum absolute atomic E-state index is 0.0162. The molecule has 0 bridgehead atoms. The molecule has 1 aliphatic heterocycles. The molecule has 3 aromatic rings. The van der Waals surface area contributed by atoms with Gasteiger partial charge in [0.15, 0.2) is 0 Å². The summed E-state index contributed by atoms with van der Waals surface area (Å²) in [6.07, 6.45) is 0.667. The van der Waals surface area contributed by atoms with E-state index in [2.05, 4.69) is 10.0 Å². The zero-order chi connectivity index (χ0) is 29.8. The van der Waals surface area contributed by atoms with Crippen molar-refractivity contribution in [1.82, 2.24) is 4.31 Å². The van der Waals surface area contributed by atoms with Crippen molar-refractivity contribution in [3.8, 4) is 11.5 Å². The van der Waals surface area contributed by atoms with Crippen LogP contribution in [0, 0.1) is 5.92 Å². The van der Waals surface area contributed by atoms with E-state index >= 15 is 0 Å². The lowest BCUT2D eigenvalue weighted by Crippen LogP contribution is -2.42. The lowest BCUT2D eigenvalue weighted by atomic mass is 9.97. The maximum atomic E-state index is 13.0. The minimum Gasteiger partial charge on any atom is -0.497 e. The van der Waals surface area contributed by atoms with Crippen LogP contribution in [0.2, 0.25) is 10.0 Å². The molecule has 14 heteroatoms. The smallest absolute Gasteiger partial charge is 0.262 e. The lowest BCUT2D eigenvalue weighted by Gasteiger charge is -2.30. The predicted octanol–water partition coefficient (Wildman–Crippen LogP) is 4.99. The van der Waals surface area contributed by atoms with Gasteiger partial charge in [-0.15, -0.1) is 0 Å². The first-order valence-corrected chi connectivity index (χ1v) is 16.3. The minimum atomic E-state index is -3.96. The second-order valence-electron chi connectivity index (χ2n) is 9.32. The first-order valence-electron chi connectivity index (χ1n) is 12.5. The van der Waals surface area contributed by atoms with Gasteiger partial charge in [0.25, 0.3) is 10.0 Å². The van der Waals surface area contributed by atoms with Crippen molar-refractivity contribution >= 4 is 60.5 Å². The number of hydrogen-bond acceptors (Lipinski definition) is 7. The maximum Gasteiger partial charge on any atom is 0.262 e. The molecule has 0 saturated carbocycles. The molecule has 4 rings (SSSR count). The van der Waals surface area contributed by atoms with Crippen LogP contribution in [0.4, 0.5) is 11.4 Å². The fraction of sp³-hybridized carbons (Fsp3) is 0.296. The molecule has 1 saturated heterocycles. The molecule has 0 unspecified atom stereocenters. The van der Waals surface area contributed by atoms with E-state index < -0.39 is 26.0 Å². The molecule has 41 heavy (non-hydrogen) atoms. The standard InChI is InChI=1S/C27H29Cl2N3O7S2/c1-38-20-8-11-26(39-2)25(16-20)31-41(36,37)21-9-6-19(7-10-21)30-27(33)18-12-14-32(15-13-18)40(34,35)17-22-23(28)4-3-5-24(22)29/h3-11,16,18,31H,12-15,17H2,1-2H3,(H,30,33). The second-order valence-corrected chi connectivity index (χ2v) is 13.8. The third kappa shape index (κ3) is 7.44. The summed E-state index contributed by atoms with van der Waals surface area (Å²) in [6, 6.07) is 15.3. The van der Waals surface area contributed by atoms with Gasteiger partial charge in [-0.05, 0) is 61.4 Å². The number of rotatable bonds is 10. The molecule has 3 aromatic carbocycles. The van der Waals surface area contributed by atoms with Gasteiger partial charge in [0.2, 0.25) is 15.9 Å². The van der Waals surface area contributed by atoms with Crippen LogP contribution in [-0.4, -0.2) is 54.4 Å². The molecule has 1 amide bonds. The fourth-order valence-corrected chi connectivity index (χ4v) is 7.78. The molecule has 0 aromatic heterocycles. The molecule has 0 radical (unpaired) electrons. The van der Waals surface area contributed by atoms with Crippen LogP contribution < -0.4 is 19.5 Å². The summed E-state index contributed by atoms with van der Waals surface area (Å²) < 4.78 is 66.1. The molecule has 1 aliphatic rings. The van der Waals surface area contributed by atoms with Gasteiger partial charge in [-0.25, -0.2) is 21.1 Å². The van der Waals surface area contributed by atoms with Crippen molar-refractivity contribution in [1.29, 1.82) is 0 Å². The average molecular weight is 643 g/mol. The number of methoxy groups -OCH3 is 2. The summed E-state index contributed by atoms with van der Waals surface area (Å²) in [5.41, 5.74) is 0.975. The zero-order valence-electron chi connectivity index (χ0n) is 22.3. The van der Waals surface area contributed by atoms with Crippen molar-refractivity contribution in [3.05, 3.63) is 76.3 Å². The highest BCUT2D eigenvalue weighted by Crippen LogP contribution is 2.32. The van der Waals surface area contributed by atoms with Crippen molar-refractivity contribution in [2.75, 3.05) is 37.3 Å². The summed E-state index contributed by atoms with van der Waals surface area (Å²) in [6.45, 7) is 0.359. The van der Waals surface area contributed by atoms with Gasteiger partial charge in [-0.1, -0.05) is 29.3 Å². The van der Waals surface area contributed by atoms with Crippen LogP contribution in [0.25, 0.3) is 0 Å². The number of amides is 1. The van der Waals surface area contributed by atoms with Crippen molar-refractivity contribution < 1.29 is 31.1 Å². The molecule has 220 valence electrons. The summed E-state index contributed by atoms with van der Waals surface area (Å²) in [4.78, 5) is 12.9. The number of nitrogens with one attached hydrogen (secondary N) is 2. The number of carbonyl (C=O) groups excluding carboxylic acids is 1. The van der Waals surface area contributed by atoms with Crippen LogP contribution in [0.1, 0.15) is 18.4 Å². The number of benzene rings is 3. The molecule has 0 atom stereocenters. The van der Waals surface area contributed by atoms with E-state index in [0.717, 1.165) is 0 Å². The first-order chi connectivity index (χ1) is 19.4. The Labute approximate surface area is 249 Å². The van der Waals surface area contributed by atoms with Gasteiger partial charge in [0, 0.05) is 46.4 Å². The monoisotopic (exact) mass is 641 g/mol. The maximum absolute atomic E-state index is 13.0. The number of ether oxygens (including phenoxy) is 2. The van der Waals surface area contributed by atoms with Crippen LogP contribution in [0.3, 0.4) is 0 Å². The Morgan fingerprint density at radius 2 is 1.56 bits per heavy atom. The highest BCUT2D eigenvalue weighted by atomic mass is 35.5. The zero-order valence-corrected chi connectivity index (χ0v) is 25.4. The number of hydrogen-bond donors (Lipinski definition) is 2. The van der Waals surface area contributed by atoms with E-state index in [9.17, 15) is 21.6 Å². The van der Waals surface area contributed by atoms with Crippen molar-refractivity contribution in [2.24, 2.45) is 5.92 Å². The molecular weight excluding hydrogens is 613 g/mol. The van der Waals surface area contributed by atoms with Crippen molar-refractivity contribution in [2.45, 2.75) is 23.5 Å². The number of nitrogens with zero attached hydrogens (tertiary/aromatic N) is 1. The normalized spacial score (nSPS) is 14.8. The molecule has 1 heterocycles. The molecular formula is C27H29Cl2N3O7S2. The number of piperidine rings is 1. The largest absolute Gasteiger partial charge is 0.497 e. The molecule has 1 fully saturated rings. The number of halogens is 2. The topological polar surface area (TPSA) is 131 Å². The van der Waals surface area contributed by atoms with E-state index in [4.69, 9.17) is 32.7 Å². The van der Waals surface area contributed by atoms with E-state index in [1.54, 1.807) is 30.3 Å². The summed E-state index contributed by atoms with van der Waals surface area (Å²) in [5.74, 6) is -0.223. The molecule has 2 N–H and O–H groups in total. The van der Waals surface area contributed by atoms with E-state index in [1.807, 2.05) is 0 Å². The van der Waals surface area contributed by atoms with Crippen LogP contribution in [0.15, 0.2) is 65.6 Å². The average Bonchev–Trinajstić information content (AvgIpc) is 2.95. The van der Waals surface area contributed by atoms with Crippen molar-refractivity contribution in [3.63, 3.8) is 0 Å². The lowest BCUT2D eigenvalue weighted by molar-refractivity contribution is -0.120. The molecule has 10 nitrogen and oxygen atoms in total. The van der Waals surface area contributed by atoms with E-state index in [0.29, 0.717) is 35.6 Å². The van der Waals surface area contributed by atoms with Gasteiger partial charge in [-0.3, -0.25) is 9.52 Å². The van der Waals surface area contributed by atoms with Crippen LogP contribution in [-0.2, 0) is 30.6 Å². The summed E-state index contributed by atoms with van der Waals surface area (Å²) in [7, 11) is -4.75. The van der Waals surface area contributed by atoms with Gasteiger partial charge < -0.3 is 14.8 Å². The Morgan fingerprint density at radius 1 is 0.927 bits per heavy atom. The van der Waals surface area contributed by atoms with Gasteiger partial charge in [-0.2, -0.15) is 0 Å². The Balaban J connectivity index is 1.35. The van der Waals surface area contributed by atoms with Crippen LogP contribution >= 0.6 is 23.2 Å². The third-order valence-corrected chi connectivity index (χ3v) is 10.6. The van der Waals surface area contributed by atoms with Gasteiger partial charge in [0.05, 0.1) is 30.6 Å². The van der Waals surface area contributed by atoms with Gasteiger partial charge >= 0.3 is 0 Å². The SMILES string of the molecule is COc1ccc(OC)c(NS(=O)(=O)c2ccc(NC(=O)C3CCN(S(=O)(=O)Cc4c(Cl)cccc4Cl)CC3)cc2)c1. The fourth-order valence-electron chi connectivity index (χ4n) is 4.40. The van der Waals surface area contributed by atoms with E-state index in [-0.39, 0.29) is 45.4 Å². The quantitative estimate of drug-likeness (QED) is 0.319.